The van der Waals surface area contributed by atoms with Gasteiger partial charge in [0.2, 0.25) is 5.91 Å². The number of anilines is 2. The molecule has 4 nitrogen and oxygen atoms in total. The first kappa shape index (κ1) is 16.8. The van der Waals surface area contributed by atoms with Crippen LogP contribution in [0.3, 0.4) is 0 Å². The first-order valence-corrected chi connectivity index (χ1v) is 7.04. The van der Waals surface area contributed by atoms with E-state index >= 15 is 0 Å². The Morgan fingerprint density at radius 3 is 2.60 bits per heavy atom. The van der Waals surface area contributed by atoms with E-state index in [0.29, 0.717) is 16.4 Å². The number of nitrogen functional groups attached to an aromatic ring is 1. The molecule has 5 heteroatoms. The van der Waals surface area contributed by atoms with E-state index in [1.54, 1.807) is 18.2 Å². The van der Waals surface area contributed by atoms with Crippen LogP contribution in [0.25, 0.3) is 0 Å². The molecule has 0 saturated heterocycles. The summed E-state index contributed by atoms with van der Waals surface area (Å²) in [5.74, 6) is -0.0919. The average molecular weight is 298 g/mol. The standard InChI is InChI=1S/C15H24ClN3O/c1-10(19(5)9-15(2,3)4)14(20)18-13-8-11(16)6-7-12(13)17/h6-8,10H,9,17H2,1-5H3,(H,18,20). The van der Waals surface area contributed by atoms with E-state index < -0.39 is 0 Å². The summed E-state index contributed by atoms with van der Waals surface area (Å²) < 4.78 is 0. The Bertz CT molecular complexity index is 482. The van der Waals surface area contributed by atoms with Crippen molar-refractivity contribution in [2.24, 2.45) is 5.41 Å². The van der Waals surface area contributed by atoms with Gasteiger partial charge in [0.25, 0.3) is 0 Å². The fourth-order valence-electron chi connectivity index (χ4n) is 1.96. The number of nitrogens with zero attached hydrogens (tertiary/aromatic N) is 1. The Morgan fingerprint density at radius 1 is 1.45 bits per heavy atom. The zero-order valence-electron chi connectivity index (χ0n) is 12.8. The van der Waals surface area contributed by atoms with Crippen molar-refractivity contribution in [2.45, 2.75) is 33.7 Å². The number of hydrogen-bond donors (Lipinski definition) is 2. The minimum Gasteiger partial charge on any atom is -0.397 e. The van der Waals surface area contributed by atoms with Gasteiger partial charge in [0.1, 0.15) is 0 Å². The van der Waals surface area contributed by atoms with Gasteiger partial charge in [-0.05, 0) is 37.6 Å². The van der Waals surface area contributed by atoms with Crippen molar-refractivity contribution in [3.8, 4) is 0 Å². The summed E-state index contributed by atoms with van der Waals surface area (Å²) in [4.78, 5) is 14.3. The van der Waals surface area contributed by atoms with Gasteiger partial charge in [-0.2, -0.15) is 0 Å². The highest BCUT2D eigenvalue weighted by Crippen LogP contribution is 2.23. The van der Waals surface area contributed by atoms with Gasteiger partial charge in [0, 0.05) is 11.6 Å². The molecule has 3 N–H and O–H groups in total. The van der Waals surface area contributed by atoms with Gasteiger partial charge in [-0.3, -0.25) is 9.69 Å². The minimum absolute atomic E-state index is 0.0919. The first-order valence-electron chi connectivity index (χ1n) is 6.66. The van der Waals surface area contributed by atoms with Crippen LogP contribution in [0.2, 0.25) is 5.02 Å². The lowest BCUT2D eigenvalue weighted by Gasteiger charge is -2.30. The highest BCUT2D eigenvalue weighted by Gasteiger charge is 2.23. The van der Waals surface area contributed by atoms with E-state index in [-0.39, 0.29) is 17.4 Å². The third-order valence-corrected chi connectivity index (χ3v) is 3.27. The molecule has 0 aliphatic carbocycles. The number of carbonyl (C=O) groups excluding carboxylic acids is 1. The number of benzene rings is 1. The molecule has 20 heavy (non-hydrogen) atoms. The Kier molecular flexibility index (Phi) is 5.42. The number of nitrogens with one attached hydrogen (secondary N) is 1. The zero-order valence-corrected chi connectivity index (χ0v) is 13.6. The molecule has 1 amide bonds. The van der Waals surface area contributed by atoms with E-state index in [1.807, 2.05) is 18.9 Å². The van der Waals surface area contributed by atoms with Crippen LogP contribution in [-0.2, 0) is 4.79 Å². The lowest BCUT2D eigenvalue weighted by atomic mass is 9.95. The number of amides is 1. The summed E-state index contributed by atoms with van der Waals surface area (Å²) in [7, 11) is 1.94. The maximum Gasteiger partial charge on any atom is 0.241 e. The summed E-state index contributed by atoms with van der Waals surface area (Å²) in [5, 5.41) is 3.37. The monoisotopic (exact) mass is 297 g/mol. The number of nitrogens with two attached hydrogens (primary N) is 1. The SMILES string of the molecule is CC(C(=O)Nc1cc(Cl)ccc1N)N(C)CC(C)(C)C. The first-order chi connectivity index (χ1) is 9.10. The minimum atomic E-state index is -0.243. The molecule has 112 valence electrons. The summed E-state index contributed by atoms with van der Waals surface area (Å²) in [6, 6.07) is 4.79. The van der Waals surface area contributed by atoms with Crippen LogP contribution in [-0.4, -0.2) is 30.4 Å². The molecule has 0 heterocycles. The largest absolute Gasteiger partial charge is 0.397 e. The van der Waals surface area contributed by atoms with Gasteiger partial charge in [0.15, 0.2) is 0 Å². The molecule has 0 bridgehead atoms. The lowest BCUT2D eigenvalue weighted by molar-refractivity contribution is -0.120. The van der Waals surface area contributed by atoms with Crippen molar-refractivity contribution in [1.29, 1.82) is 0 Å². The molecule has 0 saturated carbocycles. The molecule has 0 spiro atoms. The van der Waals surface area contributed by atoms with Crippen LogP contribution in [0, 0.1) is 5.41 Å². The Morgan fingerprint density at radius 2 is 2.05 bits per heavy atom. The molecular weight excluding hydrogens is 274 g/mol. The third kappa shape index (κ3) is 5.02. The van der Waals surface area contributed by atoms with Gasteiger partial charge >= 0.3 is 0 Å². The summed E-state index contributed by atoms with van der Waals surface area (Å²) in [6.07, 6.45) is 0. The van der Waals surface area contributed by atoms with Crippen molar-refractivity contribution < 1.29 is 4.79 Å². The third-order valence-electron chi connectivity index (χ3n) is 3.04. The molecule has 1 rings (SSSR count). The fourth-order valence-corrected chi connectivity index (χ4v) is 2.13. The smallest absolute Gasteiger partial charge is 0.241 e. The van der Waals surface area contributed by atoms with Crippen molar-refractivity contribution in [3.63, 3.8) is 0 Å². The highest BCUT2D eigenvalue weighted by molar-refractivity contribution is 6.31. The number of likely N-dealkylation sites (N-methyl/N-ethyl adjacent to an activating group) is 1. The highest BCUT2D eigenvalue weighted by atomic mass is 35.5. The number of carbonyl (C=O) groups is 1. The van der Waals surface area contributed by atoms with Crippen LogP contribution >= 0.6 is 11.6 Å². The van der Waals surface area contributed by atoms with E-state index in [2.05, 4.69) is 26.1 Å². The Balaban J connectivity index is 2.73. The van der Waals surface area contributed by atoms with E-state index in [1.165, 1.54) is 0 Å². The predicted molar refractivity (Wildman–Crippen MR) is 86.0 cm³/mol. The van der Waals surface area contributed by atoms with Gasteiger partial charge in [-0.15, -0.1) is 0 Å². The van der Waals surface area contributed by atoms with Crippen LogP contribution in [0.4, 0.5) is 11.4 Å². The van der Waals surface area contributed by atoms with Crippen LogP contribution < -0.4 is 11.1 Å². The molecular formula is C15H24ClN3O. The molecule has 1 aromatic rings. The molecule has 0 aromatic heterocycles. The number of hydrogen-bond acceptors (Lipinski definition) is 3. The molecule has 1 unspecified atom stereocenters. The molecule has 1 aromatic carbocycles. The second kappa shape index (κ2) is 6.46. The predicted octanol–water partition coefficient (Wildman–Crippen LogP) is 3.23. The van der Waals surface area contributed by atoms with Crippen LogP contribution in [0.1, 0.15) is 27.7 Å². The van der Waals surface area contributed by atoms with Gasteiger partial charge in [-0.25, -0.2) is 0 Å². The molecule has 0 radical (unpaired) electrons. The maximum atomic E-state index is 12.3. The normalized spacial score (nSPS) is 13.3. The number of halogens is 1. The average Bonchev–Trinajstić information content (AvgIpc) is 2.30. The van der Waals surface area contributed by atoms with Crippen molar-refractivity contribution in [3.05, 3.63) is 23.2 Å². The van der Waals surface area contributed by atoms with E-state index in [4.69, 9.17) is 17.3 Å². The second-order valence-corrected chi connectivity index (χ2v) is 6.81. The summed E-state index contributed by atoms with van der Waals surface area (Å²) in [5.41, 5.74) is 7.03. The molecule has 0 aliphatic heterocycles. The summed E-state index contributed by atoms with van der Waals surface area (Å²) in [6.45, 7) is 9.13. The Hall–Kier alpha value is -1.26. The maximum absolute atomic E-state index is 12.3. The van der Waals surface area contributed by atoms with Crippen LogP contribution in [0.5, 0.6) is 0 Å². The molecule has 0 fully saturated rings. The van der Waals surface area contributed by atoms with Gasteiger partial charge in [-0.1, -0.05) is 32.4 Å². The summed E-state index contributed by atoms with van der Waals surface area (Å²) >= 11 is 5.91. The van der Waals surface area contributed by atoms with E-state index in [0.717, 1.165) is 6.54 Å². The lowest BCUT2D eigenvalue weighted by Crippen LogP contribution is -2.43. The zero-order chi connectivity index (χ0) is 15.5. The van der Waals surface area contributed by atoms with Crippen molar-refractivity contribution >= 4 is 28.9 Å². The van der Waals surface area contributed by atoms with E-state index in [9.17, 15) is 4.79 Å². The quantitative estimate of drug-likeness (QED) is 0.839. The number of rotatable bonds is 4. The van der Waals surface area contributed by atoms with Gasteiger partial charge in [0.05, 0.1) is 17.4 Å². The Labute approximate surface area is 126 Å². The van der Waals surface area contributed by atoms with Crippen LogP contribution in [0.15, 0.2) is 18.2 Å². The topological polar surface area (TPSA) is 58.4 Å². The van der Waals surface area contributed by atoms with Crippen molar-refractivity contribution in [1.82, 2.24) is 4.90 Å². The molecule has 0 aliphatic rings. The van der Waals surface area contributed by atoms with Crippen molar-refractivity contribution in [2.75, 3.05) is 24.6 Å². The van der Waals surface area contributed by atoms with Gasteiger partial charge < -0.3 is 11.1 Å². The second-order valence-electron chi connectivity index (χ2n) is 6.37. The molecule has 1 atom stereocenters. The fraction of sp³-hybridized carbons (Fsp3) is 0.533.